The van der Waals surface area contributed by atoms with Crippen molar-refractivity contribution in [3.05, 3.63) is 54.2 Å². The van der Waals surface area contributed by atoms with Gasteiger partial charge in [0.2, 0.25) is 5.91 Å². The van der Waals surface area contributed by atoms with Gasteiger partial charge < -0.3 is 20.3 Å². The van der Waals surface area contributed by atoms with Gasteiger partial charge in [-0.3, -0.25) is 4.79 Å². The molecule has 3 rings (SSSR count). The molecule has 1 aromatic heterocycles. The largest absolute Gasteiger partial charge is 0.497 e. The van der Waals surface area contributed by atoms with Crippen molar-refractivity contribution in [1.82, 2.24) is 9.88 Å². The van der Waals surface area contributed by atoms with Gasteiger partial charge in [-0.2, -0.15) is 0 Å². The number of anilines is 1. The van der Waals surface area contributed by atoms with Gasteiger partial charge in [0.15, 0.2) is 0 Å². The van der Waals surface area contributed by atoms with Crippen LogP contribution in [0.3, 0.4) is 0 Å². The number of hydrogen-bond donors (Lipinski definition) is 1. The van der Waals surface area contributed by atoms with Crippen LogP contribution in [-0.2, 0) is 4.79 Å². The summed E-state index contributed by atoms with van der Waals surface area (Å²) < 4.78 is 5.26. The zero-order valence-corrected chi connectivity index (χ0v) is 17.8. The second-order valence-corrected chi connectivity index (χ2v) is 6.59. The summed E-state index contributed by atoms with van der Waals surface area (Å²) in [7, 11) is 1.65. The maximum Gasteiger partial charge on any atom is 0.227 e. The number of carbonyl (C=O) groups is 1. The number of methoxy groups -OCH3 is 1. The summed E-state index contributed by atoms with van der Waals surface area (Å²) >= 11 is 0. The van der Waals surface area contributed by atoms with Crippen molar-refractivity contribution in [1.29, 1.82) is 0 Å². The molecule has 1 saturated heterocycles. The Hall–Kier alpha value is -2.02. The number of ether oxygens (including phenoxy) is 1. The molecule has 2 unspecified atom stereocenters. The van der Waals surface area contributed by atoms with E-state index >= 15 is 0 Å². The molecule has 0 bridgehead atoms. The van der Waals surface area contributed by atoms with Crippen LogP contribution < -0.4 is 15.4 Å². The first-order valence-corrected chi connectivity index (χ1v) is 8.94. The summed E-state index contributed by atoms with van der Waals surface area (Å²) in [5.41, 5.74) is 7.31. The Morgan fingerprint density at radius 1 is 1.11 bits per heavy atom. The number of pyridine rings is 1. The van der Waals surface area contributed by atoms with E-state index in [1.165, 1.54) is 0 Å². The Morgan fingerprint density at radius 3 is 2.36 bits per heavy atom. The number of rotatable bonds is 5. The summed E-state index contributed by atoms with van der Waals surface area (Å²) in [5, 5.41) is 0. The van der Waals surface area contributed by atoms with Gasteiger partial charge in [-0.25, -0.2) is 4.98 Å². The summed E-state index contributed by atoms with van der Waals surface area (Å²) in [5.74, 6) is 1.53. The van der Waals surface area contributed by atoms with Crippen LogP contribution >= 0.6 is 24.8 Å². The van der Waals surface area contributed by atoms with Crippen LogP contribution in [0.1, 0.15) is 18.5 Å². The monoisotopic (exact) mass is 426 g/mol. The smallest absolute Gasteiger partial charge is 0.227 e. The van der Waals surface area contributed by atoms with E-state index in [0.29, 0.717) is 13.1 Å². The van der Waals surface area contributed by atoms with Crippen molar-refractivity contribution in [2.75, 3.05) is 38.2 Å². The maximum absolute atomic E-state index is 12.8. The van der Waals surface area contributed by atoms with Gasteiger partial charge in [0.1, 0.15) is 11.6 Å². The third-order valence-corrected chi connectivity index (χ3v) is 4.98. The number of halogens is 2. The van der Waals surface area contributed by atoms with Gasteiger partial charge in [0, 0.05) is 44.5 Å². The van der Waals surface area contributed by atoms with Crippen LogP contribution in [0.2, 0.25) is 0 Å². The van der Waals surface area contributed by atoms with E-state index in [0.717, 1.165) is 30.2 Å². The molecule has 1 amide bonds. The minimum absolute atomic E-state index is 0. The standard InChI is InChI=1S/C20H26N4O2.2ClH/c1-15(19(21)16-6-4-3-5-7-16)20(25)24-12-10-23(11-13-24)18-14-17(26-2)8-9-22-18;;/h3-9,14-15,19H,10-13,21H2,1-2H3;2*1H. The fourth-order valence-electron chi connectivity index (χ4n) is 3.26. The predicted molar refractivity (Wildman–Crippen MR) is 117 cm³/mol. The number of benzene rings is 1. The number of hydrogen-bond acceptors (Lipinski definition) is 5. The lowest BCUT2D eigenvalue weighted by atomic mass is 9.94. The van der Waals surface area contributed by atoms with Gasteiger partial charge in [-0.15, -0.1) is 24.8 Å². The molecule has 6 nitrogen and oxygen atoms in total. The number of carbonyl (C=O) groups excluding carboxylic acids is 1. The van der Waals surface area contributed by atoms with Crippen LogP contribution in [0.15, 0.2) is 48.7 Å². The quantitative estimate of drug-likeness (QED) is 0.795. The van der Waals surface area contributed by atoms with E-state index in [2.05, 4.69) is 9.88 Å². The highest BCUT2D eigenvalue weighted by Crippen LogP contribution is 2.23. The van der Waals surface area contributed by atoms with E-state index in [4.69, 9.17) is 10.5 Å². The third-order valence-electron chi connectivity index (χ3n) is 4.98. The molecular weight excluding hydrogens is 399 g/mol. The summed E-state index contributed by atoms with van der Waals surface area (Å²) in [4.78, 5) is 21.3. The van der Waals surface area contributed by atoms with Gasteiger partial charge in [0.05, 0.1) is 13.0 Å². The lowest BCUT2D eigenvalue weighted by molar-refractivity contribution is -0.136. The van der Waals surface area contributed by atoms with Crippen molar-refractivity contribution in [2.45, 2.75) is 13.0 Å². The second-order valence-electron chi connectivity index (χ2n) is 6.59. The molecular formula is C20H28Cl2N4O2. The lowest BCUT2D eigenvalue weighted by Gasteiger charge is -2.37. The van der Waals surface area contributed by atoms with E-state index in [1.54, 1.807) is 13.3 Å². The highest BCUT2D eigenvalue weighted by molar-refractivity contribution is 5.85. The van der Waals surface area contributed by atoms with Crippen LogP contribution in [0, 0.1) is 5.92 Å². The van der Waals surface area contributed by atoms with E-state index in [9.17, 15) is 4.79 Å². The van der Waals surface area contributed by atoms with Crippen molar-refractivity contribution >= 4 is 36.5 Å². The van der Waals surface area contributed by atoms with Crippen molar-refractivity contribution in [2.24, 2.45) is 11.7 Å². The molecule has 2 heterocycles. The Labute approximate surface area is 178 Å². The highest BCUT2D eigenvalue weighted by atomic mass is 35.5. The fraction of sp³-hybridized carbons (Fsp3) is 0.400. The average molecular weight is 427 g/mol. The second kappa shape index (κ2) is 11.1. The van der Waals surface area contributed by atoms with E-state index in [-0.39, 0.29) is 42.7 Å². The highest BCUT2D eigenvalue weighted by Gasteiger charge is 2.29. The predicted octanol–water partition coefficient (Wildman–Crippen LogP) is 2.92. The molecule has 0 saturated carbocycles. The Kier molecular flexibility index (Phi) is 9.52. The van der Waals surface area contributed by atoms with E-state index in [1.807, 2.05) is 54.3 Å². The van der Waals surface area contributed by atoms with Crippen LogP contribution in [-0.4, -0.2) is 49.1 Å². The molecule has 8 heteroatoms. The third kappa shape index (κ3) is 5.50. The maximum atomic E-state index is 12.8. The lowest BCUT2D eigenvalue weighted by Crippen LogP contribution is -2.51. The summed E-state index contributed by atoms with van der Waals surface area (Å²) in [6, 6.07) is 13.3. The Bertz CT molecular complexity index is 740. The molecule has 1 aliphatic heterocycles. The molecule has 1 aliphatic rings. The van der Waals surface area contributed by atoms with E-state index < -0.39 is 0 Å². The summed E-state index contributed by atoms with van der Waals surface area (Å²) in [6.45, 7) is 4.75. The molecule has 2 N–H and O–H groups in total. The van der Waals surface area contributed by atoms with Crippen LogP contribution in [0.25, 0.3) is 0 Å². The first-order valence-electron chi connectivity index (χ1n) is 8.94. The average Bonchev–Trinajstić information content (AvgIpc) is 2.73. The zero-order valence-electron chi connectivity index (χ0n) is 16.2. The molecule has 0 aliphatic carbocycles. The van der Waals surface area contributed by atoms with Crippen molar-refractivity contribution in [3.63, 3.8) is 0 Å². The molecule has 1 aromatic carbocycles. The van der Waals surface area contributed by atoms with Gasteiger partial charge in [-0.1, -0.05) is 37.3 Å². The molecule has 0 spiro atoms. The topological polar surface area (TPSA) is 71.7 Å². The SMILES string of the molecule is COc1ccnc(N2CCN(C(=O)C(C)C(N)c3ccccc3)CC2)c1.Cl.Cl. The molecule has 28 heavy (non-hydrogen) atoms. The first kappa shape index (κ1) is 24.0. The molecule has 1 fully saturated rings. The Morgan fingerprint density at radius 2 is 1.75 bits per heavy atom. The molecule has 2 atom stereocenters. The molecule has 0 radical (unpaired) electrons. The van der Waals surface area contributed by atoms with Crippen LogP contribution in [0.4, 0.5) is 5.82 Å². The number of nitrogens with two attached hydrogens (primary N) is 1. The van der Waals surface area contributed by atoms with Gasteiger partial charge in [0.25, 0.3) is 0 Å². The zero-order chi connectivity index (χ0) is 18.5. The number of amides is 1. The summed E-state index contributed by atoms with van der Waals surface area (Å²) in [6.07, 6.45) is 1.74. The fourth-order valence-corrected chi connectivity index (χ4v) is 3.26. The molecule has 154 valence electrons. The Balaban J connectivity index is 0.00000196. The first-order chi connectivity index (χ1) is 12.6. The number of piperazine rings is 1. The van der Waals surface area contributed by atoms with Crippen molar-refractivity contribution in [3.8, 4) is 5.75 Å². The minimum Gasteiger partial charge on any atom is -0.497 e. The normalized spacial score (nSPS) is 15.7. The molecule has 2 aromatic rings. The van der Waals surface area contributed by atoms with Gasteiger partial charge >= 0.3 is 0 Å². The van der Waals surface area contributed by atoms with Crippen LogP contribution in [0.5, 0.6) is 5.75 Å². The van der Waals surface area contributed by atoms with Crippen molar-refractivity contribution < 1.29 is 9.53 Å². The number of aromatic nitrogens is 1. The van der Waals surface area contributed by atoms with Gasteiger partial charge in [-0.05, 0) is 11.6 Å². The number of nitrogens with zero attached hydrogens (tertiary/aromatic N) is 3. The minimum atomic E-state index is -0.290.